The molecule has 108 valence electrons. The van der Waals surface area contributed by atoms with Gasteiger partial charge in [-0.15, -0.1) is 0 Å². The van der Waals surface area contributed by atoms with Crippen LogP contribution >= 0.6 is 0 Å². The number of rotatable bonds is 2. The van der Waals surface area contributed by atoms with Crippen LogP contribution in [-0.4, -0.2) is 43.5 Å². The maximum Gasteiger partial charge on any atom is 0.226 e. The van der Waals surface area contributed by atoms with Crippen LogP contribution in [0.1, 0.15) is 38.5 Å². The van der Waals surface area contributed by atoms with E-state index in [0.717, 1.165) is 39.0 Å². The van der Waals surface area contributed by atoms with Crippen LogP contribution in [-0.2, 0) is 4.79 Å². The molecule has 19 heavy (non-hydrogen) atoms. The van der Waals surface area contributed by atoms with Gasteiger partial charge in [-0.1, -0.05) is 6.42 Å². The molecular formula is C15H27N3O. The average molecular weight is 265 g/mol. The Morgan fingerprint density at radius 1 is 1.32 bits per heavy atom. The van der Waals surface area contributed by atoms with Crippen molar-refractivity contribution in [3.05, 3.63) is 0 Å². The first-order valence-corrected chi connectivity index (χ1v) is 7.94. The summed E-state index contributed by atoms with van der Waals surface area (Å²) in [4.78, 5) is 14.9. The zero-order chi connectivity index (χ0) is 13.3. The molecule has 0 radical (unpaired) electrons. The minimum atomic E-state index is 0.217. The largest absolute Gasteiger partial charge is 0.342 e. The van der Waals surface area contributed by atoms with Crippen molar-refractivity contribution >= 4 is 5.91 Å². The minimum absolute atomic E-state index is 0.217. The minimum Gasteiger partial charge on any atom is -0.342 e. The molecule has 2 aliphatic heterocycles. The van der Waals surface area contributed by atoms with Gasteiger partial charge in [-0.3, -0.25) is 4.79 Å². The Labute approximate surface area is 116 Å². The highest BCUT2D eigenvalue weighted by atomic mass is 16.2. The van der Waals surface area contributed by atoms with Crippen LogP contribution in [0.3, 0.4) is 0 Å². The molecule has 3 N–H and O–H groups in total. The van der Waals surface area contributed by atoms with Crippen molar-refractivity contribution in [2.45, 2.75) is 38.5 Å². The van der Waals surface area contributed by atoms with E-state index in [-0.39, 0.29) is 5.92 Å². The van der Waals surface area contributed by atoms with Gasteiger partial charge < -0.3 is 16.0 Å². The molecule has 3 fully saturated rings. The molecule has 1 amide bonds. The summed E-state index contributed by atoms with van der Waals surface area (Å²) in [6.45, 7) is 4.84. The Hall–Kier alpha value is -0.610. The lowest BCUT2D eigenvalue weighted by Crippen LogP contribution is -2.49. The maximum absolute atomic E-state index is 12.8. The van der Waals surface area contributed by atoms with E-state index in [9.17, 15) is 4.79 Å². The summed E-state index contributed by atoms with van der Waals surface area (Å²) in [6.07, 6.45) is 7.08. The predicted molar refractivity (Wildman–Crippen MR) is 75.6 cm³/mol. The van der Waals surface area contributed by atoms with E-state index in [1.165, 1.54) is 25.7 Å². The monoisotopic (exact) mass is 265 g/mol. The summed E-state index contributed by atoms with van der Waals surface area (Å²) in [7, 11) is 0. The van der Waals surface area contributed by atoms with E-state index < -0.39 is 0 Å². The van der Waals surface area contributed by atoms with Crippen LogP contribution in [0.15, 0.2) is 0 Å². The van der Waals surface area contributed by atoms with Crippen LogP contribution in [0.2, 0.25) is 0 Å². The number of carbonyl (C=O) groups is 1. The molecule has 0 aromatic carbocycles. The van der Waals surface area contributed by atoms with Gasteiger partial charge in [-0.2, -0.15) is 0 Å². The van der Waals surface area contributed by atoms with Crippen LogP contribution in [0, 0.1) is 17.3 Å². The van der Waals surface area contributed by atoms with Crippen LogP contribution in [0.25, 0.3) is 0 Å². The van der Waals surface area contributed by atoms with Crippen LogP contribution < -0.4 is 11.1 Å². The van der Waals surface area contributed by atoms with Gasteiger partial charge in [0.1, 0.15) is 0 Å². The van der Waals surface area contributed by atoms with Gasteiger partial charge in [-0.05, 0) is 51.1 Å². The third kappa shape index (κ3) is 2.52. The summed E-state index contributed by atoms with van der Waals surface area (Å²) in [6, 6.07) is 0. The first kappa shape index (κ1) is 13.4. The highest BCUT2D eigenvalue weighted by molar-refractivity contribution is 5.79. The first-order chi connectivity index (χ1) is 9.24. The quantitative estimate of drug-likeness (QED) is 0.782. The molecule has 1 aliphatic carbocycles. The molecule has 3 aliphatic rings. The fourth-order valence-electron chi connectivity index (χ4n) is 4.42. The molecule has 1 spiro atoms. The number of hydrogen-bond donors (Lipinski definition) is 2. The fourth-order valence-corrected chi connectivity index (χ4v) is 4.42. The molecule has 1 saturated carbocycles. The number of amides is 1. The topological polar surface area (TPSA) is 58.4 Å². The number of likely N-dealkylation sites (tertiary alicyclic amines) is 1. The first-order valence-electron chi connectivity index (χ1n) is 7.94. The molecule has 2 heterocycles. The van der Waals surface area contributed by atoms with Crippen molar-refractivity contribution in [3.8, 4) is 0 Å². The molecule has 2 saturated heterocycles. The Kier molecular flexibility index (Phi) is 3.81. The lowest BCUT2D eigenvalue weighted by molar-refractivity contribution is -0.140. The van der Waals surface area contributed by atoms with Crippen molar-refractivity contribution in [2.24, 2.45) is 23.0 Å². The second-order valence-corrected chi connectivity index (χ2v) is 6.82. The van der Waals surface area contributed by atoms with E-state index in [1.54, 1.807) is 0 Å². The van der Waals surface area contributed by atoms with Gasteiger partial charge in [0.25, 0.3) is 0 Å². The predicted octanol–water partition coefficient (Wildman–Crippen LogP) is 0.964. The standard InChI is InChI=1S/C15H27N3O/c16-9-12-3-1-4-13(12)14(19)18-8-2-5-15(11-18)6-7-17-10-15/h12-13,17H,1-11,16H2/t12-,13-,15?/m1/s1. The highest BCUT2D eigenvalue weighted by Crippen LogP contribution is 2.38. The molecule has 4 nitrogen and oxygen atoms in total. The molecule has 0 bridgehead atoms. The SMILES string of the molecule is NC[C@H]1CCC[C@H]1C(=O)N1CCCC2(CCNC2)C1. The van der Waals surface area contributed by atoms with E-state index >= 15 is 0 Å². The number of piperidine rings is 1. The summed E-state index contributed by atoms with van der Waals surface area (Å²) in [5.41, 5.74) is 6.21. The Morgan fingerprint density at radius 2 is 2.21 bits per heavy atom. The molecule has 0 aromatic heterocycles. The third-order valence-corrected chi connectivity index (χ3v) is 5.58. The van der Waals surface area contributed by atoms with Crippen molar-refractivity contribution in [3.63, 3.8) is 0 Å². The number of nitrogens with two attached hydrogens (primary N) is 1. The third-order valence-electron chi connectivity index (χ3n) is 5.58. The number of nitrogens with one attached hydrogen (secondary N) is 1. The molecular weight excluding hydrogens is 238 g/mol. The maximum atomic E-state index is 12.8. The Balaban J connectivity index is 1.66. The van der Waals surface area contributed by atoms with E-state index in [0.29, 0.717) is 23.8 Å². The number of carbonyl (C=O) groups excluding carboxylic acids is 1. The van der Waals surface area contributed by atoms with Crippen molar-refractivity contribution < 1.29 is 4.79 Å². The molecule has 1 unspecified atom stereocenters. The Bertz CT molecular complexity index is 338. The molecule has 4 heteroatoms. The van der Waals surface area contributed by atoms with Crippen LogP contribution in [0.4, 0.5) is 0 Å². The molecule has 3 atom stereocenters. The van der Waals surface area contributed by atoms with Crippen LogP contribution in [0.5, 0.6) is 0 Å². The van der Waals surface area contributed by atoms with E-state index in [4.69, 9.17) is 5.73 Å². The lowest BCUT2D eigenvalue weighted by atomic mass is 9.78. The lowest BCUT2D eigenvalue weighted by Gasteiger charge is -2.41. The zero-order valence-electron chi connectivity index (χ0n) is 11.9. The molecule has 3 rings (SSSR count). The van der Waals surface area contributed by atoms with Gasteiger partial charge in [0.15, 0.2) is 0 Å². The van der Waals surface area contributed by atoms with Gasteiger partial charge in [0, 0.05) is 31.0 Å². The highest BCUT2D eigenvalue weighted by Gasteiger charge is 2.42. The fraction of sp³-hybridized carbons (Fsp3) is 0.933. The van der Waals surface area contributed by atoms with Gasteiger partial charge in [0.2, 0.25) is 5.91 Å². The Morgan fingerprint density at radius 3 is 2.95 bits per heavy atom. The van der Waals surface area contributed by atoms with Crippen molar-refractivity contribution in [2.75, 3.05) is 32.7 Å². The zero-order valence-corrected chi connectivity index (χ0v) is 11.9. The average Bonchev–Trinajstić information content (AvgIpc) is 3.07. The van der Waals surface area contributed by atoms with Gasteiger partial charge in [-0.25, -0.2) is 0 Å². The van der Waals surface area contributed by atoms with E-state index in [2.05, 4.69) is 10.2 Å². The summed E-state index contributed by atoms with van der Waals surface area (Å²) >= 11 is 0. The number of hydrogen-bond acceptors (Lipinski definition) is 3. The number of nitrogens with zero attached hydrogens (tertiary/aromatic N) is 1. The second kappa shape index (κ2) is 5.41. The summed E-state index contributed by atoms with van der Waals surface area (Å²) in [5, 5.41) is 3.47. The smallest absolute Gasteiger partial charge is 0.226 e. The van der Waals surface area contributed by atoms with Crippen molar-refractivity contribution in [1.29, 1.82) is 0 Å². The summed E-state index contributed by atoms with van der Waals surface area (Å²) < 4.78 is 0. The van der Waals surface area contributed by atoms with Crippen molar-refractivity contribution in [1.82, 2.24) is 10.2 Å². The van der Waals surface area contributed by atoms with Gasteiger partial charge in [0.05, 0.1) is 0 Å². The molecule has 0 aromatic rings. The van der Waals surface area contributed by atoms with Gasteiger partial charge >= 0.3 is 0 Å². The summed E-state index contributed by atoms with van der Waals surface area (Å²) in [5.74, 6) is 1.06. The van der Waals surface area contributed by atoms with E-state index in [1.807, 2.05) is 0 Å². The second-order valence-electron chi connectivity index (χ2n) is 6.82. The normalized spacial score (nSPS) is 39.1.